The maximum absolute atomic E-state index is 12.3. The number of nitrogens with zero attached hydrogens (tertiary/aromatic N) is 1. The molecule has 0 radical (unpaired) electrons. The summed E-state index contributed by atoms with van der Waals surface area (Å²) >= 11 is 5.86. The normalized spacial score (nSPS) is 16.6. The average Bonchev–Trinajstić information content (AvgIpc) is 3.15. The van der Waals surface area contributed by atoms with E-state index >= 15 is 0 Å². The van der Waals surface area contributed by atoms with E-state index in [4.69, 9.17) is 16.1 Å². The monoisotopic (exact) mass is 320 g/mol. The third kappa shape index (κ3) is 3.15. The van der Waals surface area contributed by atoms with Crippen LogP contribution in [0.15, 0.2) is 35.1 Å². The Morgan fingerprint density at radius 1 is 1.32 bits per heavy atom. The minimum Gasteiger partial charge on any atom is -0.388 e. The van der Waals surface area contributed by atoms with E-state index in [0.29, 0.717) is 16.3 Å². The van der Waals surface area contributed by atoms with Gasteiger partial charge in [-0.25, -0.2) is 0 Å². The molecule has 1 saturated carbocycles. The first-order valence-corrected chi connectivity index (χ1v) is 7.66. The summed E-state index contributed by atoms with van der Waals surface area (Å²) in [5, 5.41) is 17.6. The molecule has 116 valence electrons. The van der Waals surface area contributed by atoms with E-state index < -0.39 is 5.60 Å². The van der Waals surface area contributed by atoms with Crippen LogP contribution < -0.4 is 5.32 Å². The molecule has 5 nitrogen and oxygen atoms in total. The Morgan fingerprint density at radius 2 is 2.00 bits per heavy atom. The summed E-state index contributed by atoms with van der Waals surface area (Å²) in [5.41, 5.74) is 0.784. The quantitative estimate of drug-likeness (QED) is 0.908. The van der Waals surface area contributed by atoms with Crippen molar-refractivity contribution in [2.45, 2.75) is 31.3 Å². The molecule has 1 amide bonds. The lowest BCUT2D eigenvalue weighted by molar-refractivity contribution is 0.0449. The number of aliphatic hydroxyl groups is 1. The Labute approximate surface area is 133 Å². The van der Waals surface area contributed by atoms with Crippen molar-refractivity contribution in [2.75, 3.05) is 6.54 Å². The minimum absolute atomic E-state index is 0.247. The van der Waals surface area contributed by atoms with Crippen LogP contribution >= 0.6 is 11.6 Å². The number of rotatable bonds is 4. The van der Waals surface area contributed by atoms with E-state index in [2.05, 4.69) is 10.5 Å². The highest BCUT2D eigenvalue weighted by atomic mass is 35.5. The van der Waals surface area contributed by atoms with Gasteiger partial charge in [0.2, 0.25) is 0 Å². The number of carbonyl (C=O) groups excluding carboxylic acids is 1. The van der Waals surface area contributed by atoms with E-state index in [1.807, 2.05) is 0 Å². The second-order valence-corrected chi connectivity index (χ2v) is 6.13. The van der Waals surface area contributed by atoms with Crippen LogP contribution in [0.25, 0.3) is 11.3 Å². The van der Waals surface area contributed by atoms with Gasteiger partial charge in [-0.3, -0.25) is 4.79 Å². The third-order valence-electron chi connectivity index (χ3n) is 4.04. The number of benzene rings is 1. The summed E-state index contributed by atoms with van der Waals surface area (Å²) in [4.78, 5) is 12.3. The average molecular weight is 321 g/mol. The van der Waals surface area contributed by atoms with Crippen molar-refractivity contribution in [1.82, 2.24) is 10.5 Å². The van der Waals surface area contributed by atoms with Crippen LogP contribution in [-0.4, -0.2) is 28.3 Å². The molecule has 0 unspecified atom stereocenters. The van der Waals surface area contributed by atoms with Gasteiger partial charge < -0.3 is 14.9 Å². The van der Waals surface area contributed by atoms with Crippen LogP contribution in [0.1, 0.15) is 36.0 Å². The van der Waals surface area contributed by atoms with Gasteiger partial charge in [0.1, 0.15) is 17.5 Å². The highest BCUT2D eigenvalue weighted by Crippen LogP contribution is 2.29. The third-order valence-corrected chi connectivity index (χ3v) is 4.30. The summed E-state index contributed by atoms with van der Waals surface area (Å²) in [6.07, 6.45) is 4.76. The van der Waals surface area contributed by atoms with E-state index in [1.54, 1.807) is 24.3 Å². The molecule has 1 aliphatic rings. The number of hydrogen-bond acceptors (Lipinski definition) is 4. The van der Waals surface area contributed by atoms with Gasteiger partial charge in [-0.2, -0.15) is 0 Å². The van der Waals surface area contributed by atoms with Crippen LogP contribution in [0.5, 0.6) is 0 Å². The molecule has 2 N–H and O–H groups in total. The lowest BCUT2D eigenvalue weighted by Crippen LogP contribution is -2.40. The minimum atomic E-state index is -0.784. The van der Waals surface area contributed by atoms with E-state index in [9.17, 15) is 9.90 Å². The van der Waals surface area contributed by atoms with E-state index in [0.717, 1.165) is 31.2 Å². The molecule has 1 aromatic carbocycles. The molecule has 1 aliphatic carbocycles. The Morgan fingerprint density at radius 3 is 2.68 bits per heavy atom. The summed E-state index contributed by atoms with van der Waals surface area (Å²) in [6.45, 7) is 0.247. The fourth-order valence-corrected chi connectivity index (χ4v) is 2.89. The van der Waals surface area contributed by atoms with Crippen molar-refractivity contribution in [2.24, 2.45) is 0 Å². The predicted octanol–water partition coefficient (Wildman–Crippen LogP) is 3.03. The van der Waals surface area contributed by atoms with Crippen LogP contribution in [0.3, 0.4) is 0 Å². The van der Waals surface area contributed by atoms with Gasteiger partial charge in [0.05, 0.1) is 5.60 Å². The summed E-state index contributed by atoms with van der Waals surface area (Å²) < 4.78 is 4.94. The van der Waals surface area contributed by atoms with Crippen molar-refractivity contribution in [3.63, 3.8) is 0 Å². The number of aromatic nitrogens is 1. The Hall–Kier alpha value is -1.85. The molecule has 0 bridgehead atoms. The van der Waals surface area contributed by atoms with E-state index in [-0.39, 0.29) is 12.5 Å². The van der Waals surface area contributed by atoms with Gasteiger partial charge in [0, 0.05) is 17.1 Å². The maximum atomic E-state index is 12.3. The fourth-order valence-electron chi connectivity index (χ4n) is 2.76. The fraction of sp³-hybridized carbons (Fsp3) is 0.375. The van der Waals surface area contributed by atoms with E-state index in [1.165, 1.54) is 6.26 Å². The lowest BCUT2D eigenvalue weighted by Gasteiger charge is -2.22. The molecular formula is C16H17ClN2O3. The van der Waals surface area contributed by atoms with Crippen molar-refractivity contribution in [1.29, 1.82) is 0 Å². The highest BCUT2D eigenvalue weighted by molar-refractivity contribution is 6.30. The summed E-state index contributed by atoms with van der Waals surface area (Å²) in [6, 6.07) is 7.02. The lowest BCUT2D eigenvalue weighted by atomic mass is 10.0. The smallest absolute Gasteiger partial charge is 0.256 e. The van der Waals surface area contributed by atoms with Gasteiger partial charge in [0.15, 0.2) is 0 Å². The van der Waals surface area contributed by atoms with Gasteiger partial charge in [-0.1, -0.05) is 41.7 Å². The first-order chi connectivity index (χ1) is 10.6. The number of nitrogens with one attached hydrogen (secondary N) is 1. The number of halogens is 1. The van der Waals surface area contributed by atoms with Crippen molar-refractivity contribution in [3.05, 3.63) is 41.1 Å². The zero-order chi connectivity index (χ0) is 15.6. The molecule has 1 heterocycles. The molecule has 1 fully saturated rings. The largest absolute Gasteiger partial charge is 0.388 e. The topological polar surface area (TPSA) is 75.4 Å². The standard InChI is InChI=1S/C16H17ClN2O3/c17-12-5-3-11(4-6-12)14-13(9-22-19-14)15(20)18-10-16(21)7-1-2-8-16/h3-6,9,21H,1-2,7-8,10H2,(H,18,20). The van der Waals surface area contributed by atoms with Gasteiger partial charge in [-0.15, -0.1) is 0 Å². The molecule has 2 aromatic rings. The maximum Gasteiger partial charge on any atom is 0.256 e. The highest BCUT2D eigenvalue weighted by Gasteiger charge is 2.31. The Kier molecular flexibility index (Phi) is 4.18. The molecule has 22 heavy (non-hydrogen) atoms. The summed E-state index contributed by atoms with van der Waals surface area (Å²) in [5.74, 6) is -0.300. The Balaban J connectivity index is 1.73. The first-order valence-electron chi connectivity index (χ1n) is 7.28. The van der Waals surface area contributed by atoms with Crippen LogP contribution in [0.4, 0.5) is 0 Å². The van der Waals surface area contributed by atoms with Gasteiger partial charge in [-0.05, 0) is 25.0 Å². The molecule has 6 heteroatoms. The second-order valence-electron chi connectivity index (χ2n) is 5.70. The zero-order valence-corrected chi connectivity index (χ0v) is 12.8. The molecule has 3 rings (SSSR count). The van der Waals surface area contributed by atoms with Gasteiger partial charge in [0.25, 0.3) is 5.91 Å². The van der Waals surface area contributed by atoms with Crippen LogP contribution in [0.2, 0.25) is 5.02 Å². The van der Waals surface area contributed by atoms with Gasteiger partial charge >= 0.3 is 0 Å². The zero-order valence-electron chi connectivity index (χ0n) is 12.0. The summed E-state index contributed by atoms with van der Waals surface area (Å²) in [7, 11) is 0. The molecule has 0 spiro atoms. The second kappa shape index (κ2) is 6.10. The first kappa shape index (κ1) is 15.1. The molecular weight excluding hydrogens is 304 g/mol. The molecule has 1 aromatic heterocycles. The Bertz CT molecular complexity index is 660. The number of carbonyl (C=O) groups is 1. The SMILES string of the molecule is O=C(NCC1(O)CCCC1)c1conc1-c1ccc(Cl)cc1. The van der Waals surface area contributed by atoms with Crippen molar-refractivity contribution >= 4 is 17.5 Å². The predicted molar refractivity (Wildman–Crippen MR) is 82.7 cm³/mol. The van der Waals surface area contributed by atoms with Crippen molar-refractivity contribution in [3.8, 4) is 11.3 Å². The van der Waals surface area contributed by atoms with Crippen LogP contribution in [0, 0.1) is 0 Å². The number of amides is 1. The van der Waals surface area contributed by atoms with Crippen LogP contribution in [-0.2, 0) is 0 Å². The molecule has 0 saturated heterocycles. The number of hydrogen-bond donors (Lipinski definition) is 2. The molecule has 0 atom stereocenters. The van der Waals surface area contributed by atoms with Crippen molar-refractivity contribution < 1.29 is 14.4 Å². The molecule has 0 aliphatic heterocycles.